The number of ether oxygens (including phenoxy) is 1. The number of aliphatic carboxylic acids is 1. The molecule has 2 atom stereocenters. The smallest absolute Gasteiger partial charge is 0.326 e. The van der Waals surface area contributed by atoms with Gasteiger partial charge in [-0.05, 0) is 18.6 Å². The van der Waals surface area contributed by atoms with Gasteiger partial charge in [0.25, 0.3) is 0 Å². The number of amides is 2. The van der Waals surface area contributed by atoms with Crippen LogP contribution in [-0.2, 0) is 14.4 Å². The van der Waals surface area contributed by atoms with Gasteiger partial charge in [-0.1, -0.05) is 31.9 Å². The van der Waals surface area contributed by atoms with Crippen LogP contribution >= 0.6 is 0 Å². The number of benzene rings is 1. The highest BCUT2D eigenvalue weighted by molar-refractivity contribution is 6.01. The lowest BCUT2D eigenvalue weighted by molar-refractivity contribution is -0.142. The Balaban J connectivity index is 2.06. The van der Waals surface area contributed by atoms with Crippen molar-refractivity contribution in [1.82, 2.24) is 5.32 Å². The van der Waals surface area contributed by atoms with E-state index < -0.39 is 23.8 Å². The Kier molecular flexibility index (Phi) is 6.38. The van der Waals surface area contributed by atoms with Crippen LogP contribution in [0.5, 0.6) is 5.75 Å². The lowest BCUT2D eigenvalue weighted by Gasteiger charge is -2.20. The molecule has 1 aliphatic heterocycles. The summed E-state index contributed by atoms with van der Waals surface area (Å²) in [6.45, 7) is 2.17. The van der Waals surface area contributed by atoms with Crippen molar-refractivity contribution in [3.63, 3.8) is 0 Å². The first-order valence-corrected chi connectivity index (χ1v) is 8.44. The number of rotatable bonds is 8. The fraction of sp³-hybridized carbons (Fsp3) is 0.500. The van der Waals surface area contributed by atoms with E-state index in [0.29, 0.717) is 24.3 Å². The number of carbonyl (C=O) groups excluding carboxylic acids is 2. The number of hydrogen-bond donors (Lipinski definition) is 2. The van der Waals surface area contributed by atoms with Gasteiger partial charge in [-0.15, -0.1) is 0 Å². The summed E-state index contributed by atoms with van der Waals surface area (Å²) in [5.41, 5.74) is 0.617. The van der Waals surface area contributed by atoms with E-state index >= 15 is 0 Å². The predicted molar refractivity (Wildman–Crippen MR) is 92.5 cm³/mol. The first-order valence-electron chi connectivity index (χ1n) is 8.44. The number of nitrogens with one attached hydrogen (secondary N) is 1. The lowest BCUT2D eigenvalue weighted by Crippen LogP contribution is -2.44. The minimum Gasteiger partial charge on any atom is -0.495 e. The molecule has 1 aliphatic rings. The van der Waals surface area contributed by atoms with E-state index in [4.69, 9.17) is 4.74 Å². The van der Waals surface area contributed by atoms with Crippen molar-refractivity contribution >= 4 is 23.5 Å². The summed E-state index contributed by atoms with van der Waals surface area (Å²) < 4.78 is 5.27. The second kappa shape index (κ2) is 8.50. The van der Waals surface area contributed by atoms with Crippen LogP contribution in [0.15, 0.2) is 24.3 Å². The molecule has 1 fully saturated rings. The van der Waals surface area contributed by atoms with E-state index in [0.717, 1.165) is 6.42 Å². The molecule has 2 N–H and O–H groups in total. The van der Waals surface area contributed by atoms with Gasteiger partial charge in [0.15, 0.2) is 0 Å². The molecule has 136 valence electrons. The summed E-state index contributed by atoms with van der Waals surface area (Å²) in [5, 5.41) is 11.8. The van der Waals surface area contributed by atoms with Crippen molar-refractivity contribution in [3.8, 4) is 5.75 Å². The van der Waals surface area contributed by atoms with Crippen LogP contribution < -0.4 is 15.0 Å². The normalized spacial score (nSPS) is 18.1. The zero-order valence-electron chi connectivity index (χ0n) is 14.5. The summed E-state index contributed by atoms with van der Waals surface area (Å²) in [6, 6.07) is 6.20. The molecule has 7 heteroatoms. The minimum absolute atomic E-state index is 0.0595. The number of anilines is 1. The second-order valence-electron chi connectivity index (χ2n) is 6.12. The standard InChI is InChI=1S/C18H24N2O5/c1-3-4-7-13(18(23)24)19-17(22)12-10-16(21)20(11-12)14-8-5-6-9-15(14)25-2/h5-6,8-9,12-13H,3-4,7,10-11H2,1-2H3,(H,19,22)(H,23,24)/t12?,13-/m0/s1. The molecule has 0 aliphatic carbocycles. The largest absolute Gasteiger partial charge is 0.495 e. The average molecular weight is 348 g/mol. The molecule has 0 saturated carbocycles. The summed E-state index contributed by atoms with van der Waals surface area (Å²) in [5.74, 6) is -1.63. The molecule has 7 nitrogen and oxygen atoms in total. The van der Waals surface area contributed by atoms with Crippen molar-refractivity contribution in [1.29, 1.82) is 0 Å². The number of carbonyl (C=O) groups is 3. The van der Waals surface area contributed by atoms with Gasteiger partial charge in [0.1, 0.15) is 11.8 Å². The van der Waals surface area contributed by atoms with Crippen molar-refractivity contribution in [2.75, 3.05) is 18.6 Å². The van der Waals surface area contributed by atoms with Crippen LogP contribution in [0.1, 0.15) is 32.6 Å². The summed E-state index contributed by atoms with van der Waals surface area (Å²) >= 11 is 0. The number of nitrogens with zero attached hydrogens (tertiary/aromatic N) is 1. The Morgan fingerprint density at radius 2 is 2.12 bits per heavy atom. The van der Waals surface area contributed by atoms with Crippen LogP contribution in [0.25, 0.3) is 0 Å². The van der Waals surface area contributed by atoms with E-state index in [-0.39, 0.29) is 18.9 Å². The Morgan fingerprint density at radius 3 is 2.76 bits per heavy atom. The average Bonchev–Trinajstić information content (AvgIpc) is 2.99. The molecular formula is C18H24N2O5. The van der Waals surface area contributed by atoms with Crippen LogP contribution in [0.2, 0.25) is 0 Å². The fourth-order valence-corrected chi connectivity index (χ4v) is 2.92. The quantitative estimate of drug-likeness (QED) is 0.747. The zero-order chi connectivity index (χ0) is 18.4. The SMILES string of the molecule is CCCC[C@H](NC(=O)C1CC(=O)N(c2ccccc2OC)C1)C(=O)O. The summed E-state index contributed by atoms with van der Waals surface area (Å²) in [6.07, 6.45) is 2.01. The maximum absolute atomic E-state index is 12.4. The molecule has 2 amide bonds. The fourth-order valence-electron chi connectivity index (χ4n) is 2.92. The molecule has 0 spiro atoms. The number of hydrogen-bond acceptors (Lipinski definition) is 4. The zero-order valence-corrected chi connectivity index (χ0v) is 14.5. The Morgan fingerprint density at radius 1 is 1.40 bits per heavy atom. The summed E-state index contributed by atoms with van der Waals surface area (Å²) in [7, 11) is 1.52. The molecule has 0 bridgehead atoms. The minimum atomic E-state index is -1.05. The van der Waals surface area contributed by atoms with Crippen molar-refractivity contribution in [2.24, 2.45) is 5.92 Å². The monoisotopic (exact) mass is 348 g/mol. The van der Waals surface area contributed by atoms with Crippen LogP contribution in [0.3, 0.4) is 0 Å². The van der Waals surface area contributed by atoms with E-state index in [9.17, 15) is 19.5 Å². The van der Waals surface area contributed by atoms with E-state index in [1.165, 1.54) is 12.0 Å². The van der Waals surface area contributed by atoms with Gasteiger partial charge in [0.2, 0.25) is 11.8 Å². The maximum Gasteiger partial charge on any atom is 0.326 e. The molecule has 1 saturated heterocycles. The van der Waals surface area contributed by atoms with Gasteiger partial charge >= 0.3 is 5.97 Å². The van der Waals surface area contributed by atoms with Crippen molar-refractivity contribution in [3.05, 3.63) is 24.3 Å². The van der Waals surface area contributed by atoms with Gasteiger partial charge < -0.3 is 20.1 Å². The van der Waals surface area contributed by atoms with Gasteiger partial charge in [-0.2, -0.15) is 0 Å². The Hall–Kier alpha value is -2.57. The third-order valence-corrected chi connectivity index (χ3v) is 4.33. The highest BCUT2D eigenvalue weighted by Gasteiger charge is 2.37. The Labute approximate surface area is 147 Å². The molecule has 1 aromatic carbocycles. The van der Waals surface area contributed by atoms with Crippen LogP contribution in [0, 0.1) is 5.92 Å². The van der Waals surface area contributed by atoms with Gasteiger partial charge in [-0.3, -0.25) is 9.59 Å². The molecule has 2 rings (SSSR count). The number of unbranched alkanes of at least 4 members (excludes halogenated alkanes) is 1. The highest BCUT2D eigenvalue weighted by Crippen LogP contribution is 2.32. The van der Waals surface area contributed by atoms with Crippen LogP contribution in [0.4, 0.5) is 5.69 Å². The van der Waals surface area contributed by atoms with E-state index in [1.54, 1.807) is 24.3 Å². The summed E-state index contributed by atoms with van der Waals surface area (Å²) in [4.78, 5) is 37.5. The predicted octanol–water partition coefficient (Wildman–Crippen LogP) is 1.81. The first-order chi connectivity index (χ1) is 12.0. The number of methoxy groups -OCH3 is 1. The maximum atomic E-state index is 12.4. The highest BCUT2D eigenvalue weighted by atomic mass is 16.5. The molecule has 1 heterocycles. The van der Waals surface area contributed by atoms with Gasteiger partial charge in [0, 0.05) is 13.0 Å². The molecule has 1 unspecified atom stereocenters. The van der Waals surface area contributed by atoms with Gasteiger partial charge in [-0.25, -0.2) is 4.79 Å². The molecule has 0 aromatic heterocycles. The molecule has 0 radical (unpaired) electrons. The van der Waals surface area contributed by atoms with Gasteiger partial charge in [0.05, 0.1) is 18.7 Å². The third-order valence-electron chi connectivity index (χ3n) is 4.33. The van der Waals surface area contributed by atoms with E-state index in [2.05, 4.69) is 5.32 Å². The van der Waals surface area contributed by atoms with Crippen molar-refractivity contribution < 1.29 is 24.2 Å². The number of carboxylic acid groups (broad SMARTS) is 1. The molecular weight excluding hydrogens is 324 g/mol. The van der Waals surface area contributed by atoms with E-state index in [1.807, 2.05) is 6.92 Å². The third kappa shape index (κ3) is 4.49. The molecule has 25 heavy (non-hydrogen) atoms. The number of para-hydroxylation sites is 2. The second-order valence-corrected chi connectivity index (χ2v) is 6.12. The topological polar surface area (TPSA) is 95.9 Å². The number of carboxylic acids is 1. The Bertz CT molecular complexity index is 646. The van der Waals surface area contributed by atoms with Crippen molar-refractivity contribution in [2.45, 2.75) is 38.6 Å². The molecule has 1 aromatic rings. The lowest BCUT2D eigenvalue weighted by atomic mass is 10.1. The van der Waals surface area contributed by atoms with Crippen LogP contribution in [-0.4, -0.2) is 42.6 Å². The first kappa shape index (κ1) is 18.8.